The van der Waals surface area contributed by atoms with Gasteiger partial charge in [-0.15, -0.1) is 0 Å². The van der Waals surface area contributed by atoms with Crippen molar-refractivity contribution in [3.8, 4) is 5.75 Å². The molecule has 1 aromatic carbocycles. The summed E-state index contributed by atoms with van der Waals surface area (Å²) in [4.78, 5) is 30.7. The van der Waals surface area contributed by atoms with Gasteiger partial charge >= 0.3 is 0 Å². The van der Waals surface area contributed by atoms with Crippen LogP contribution in [-0.2, 0) is 9.59 Å². The maximum absolute atomic E-state index is 13.9. The minimum absolute atomic E-state index is 0.148. The van der Waals surface area contributed by atoms with Crippen molar-refractivity contribution >= 4 is 23.5 Å². The van der Waals surface area contributed by atoms with E-state index in [4.69, 9.17) is 0 Å². The average molecular weight is 497 g/mol. The van der Waals surface area contributed by atoms with Crippen molar-refractivity contribution in [2.45, 2.75) is 25.4 Å². The molecule has 2 aliphatic rings. The highest BCUT2D eigenvalue weighted by atomic mass is 19.1. The van der Waals surface area contributed by atoms with Gasteiger partial charge in [-0.2, -0.15) is 0 Å². The highest BCUT2D eigenvalue weighted by molar-refractivity contribution is 6.05. The number of phenolic OH excluding ortho intramolecular Hbond substituents is 1. The van der Waals surface area contributed by atoms with Gasteiger partial charge in [0.05, 0.1) is 36.8 Å². The number of halogens is 1. The molecule has 1 fully saturated rings. The molecule has 0 bridgehead atoms. The average Bonchev–Trinajstić information content (AvgIpc) is 3.11. The summed E-state index contributed by atoms with van der Waals surface area (Å²) in [5.74, 6) is -4.18. The molecule has 2 aromatic rings. The van der Waals surface area contributed by atoms with Crippen molar-refractivity contribution in [1.29, 1.82) is 0 Å². The summed E-state index contributed by atoms with van der Waals surface area (Å²) >= 11 is 0. The number of phenols is 1. The molecule has 0 unspecified atom stereocenters. The molecule has 9 heteroatoms. The van der Waals surface area contributed by atoms with Crippen LogP contribution in [0.25, 0.3) is 11.6 Å². The number of rotatable bonds is 8. The lowest BCUT2D eigenvalue weighted by atomic mass is 9.68. The highest BCUT2D eigenvalue weighted by Gasteiger charge is 2.53. The molecule has 2 amide bonds. The number of carbonyl (C=O) groups excluding carboxylic acids is 2. The number of hydrogen-bond acceptors (Lipinski definition) is 7. The molecule has 4 rings (SSSR count). The fourth-order valence-electron chi connectivity index (χ4n) is 5.35. The standard InChI is InChI=1S/C27H29FN2O6/c1-30-26(35)18-12-17(13-31)24(19(14-32)25(18)27(30)36)23(34)8-6-16(21-4-2-3-9-29-21)10-15-5-7-22(33)20(28)11-15/h2-5,7,9-11,18-19,23,25,31-34H,6,8,12-14H2,1H3/b16-10-/t18-,19+,23-,25-/m1/s1. The molecule has 1 aliphatic carbocycles. The zero-order chi connectivity index (χ0) is 26.0. The Labute approximate surface area is 208 Å². The number of aromatic nitrogens is 1. The highest BCUT2D eigenvalue weighted by Crippen LogP contribution is 2.45. The van der Waals surface area contributed by atoms with E-state index in [1.165, 1.54) is 19.2 Å². The van der Waals surface area contributed by atoms with Gasteiger partial charge in [0.2, 0.25) is 11.8 Å². The smallest absolute Gasteiger partial charge is 0.233 e. The van der Waals surface area contributed by atoms with E-state index in [0.717, 1.165) is 4.90 Å². The summed E-state index contributed by atoms with van der Waals surface area (Å²) in [6.45, 7) is -0.841. The molecule has 4 atom stereocenters. The summed E-state index contributed by atoms with van der Waals surface area (Å²) in [6, 6.07) is 9.36. The third kappa shape index (κ3) is 4.82. The Bertz CT molecular complexity index is 1210. The second kappa shape index (κ2) is 10.7. The number of aliphatic hydroxyl groups is 3. The SMILES string of the molecule is CN1C(=O)[C@@H]2[C@@H](CC(CO)=C([C@H](O)CC/C(=C/c3ccc(O)c(F)c3)c3ccccn3)[C@@H]2CO)C1=O. The molecule has 1 aliphatic heterocycles. The van der Waals surface area contributed by atoms with Gasteiger partial charge < -0.3 is 20.4 Å². The van der Waals surface area contributed by atoms with Crippen LogP contribution < -0.4 is 0 Å². The summed E-state index contributed by atoms with van der Waals surface area (Å²) in [5, 5.41) is 40.9. The number of likely N-dealkylation sites (tertiary alicyclic amines) is 1. The van der Waals surface area contributed by atoms with Crippen LogP contribution in [0.2, 0.25) is 0 Å². The second-order valence-electron chi connectivity index (χ2n) is 9.23. The van der Waals surface area contributed by atoms with Crippen molar-refractivity contribution in [2.24, 2.45) is 17.8 Å². The number of carbonyl (C=O) groups is 2. The molecular formula is C27H29FN2O6. The number of hydrogen-bond donors (Lipinski definition) is 4. The van der Waals surface area contributed by atoms with E-state index in [1.807, 2.05) is 0 Å². The van der Waals surface area contributed by atoms with Gasteiger partial charge in [-0.1, -0.05) is 12.1 Å². The Morgan fingerprint density at radius 2 is 2.00 bits per heavy atom. The van der Waals surface area contributed by atoms with Crippen molar-refractivity contribution < 1.29 is 34.4 Å². The van der Waals surface area contributed by atoms with E-state index in [2.05, 4.69) is 4.98 Å². The summed E-state index contributed by atoms with van der Waals surface area (Å²) in [6.07, 6.45) is 2.87. The lowest BCUT2D eigenvalue weighted by Gasteiger charge is -2.36. The Kier molecular flexibility index (Phi) is 7.63. The van der Waals surface area contributed by atoms with Crippen LogP contribution in [0, 0.1) is 23.6 Å². The molecule has 0 saturated carbocycles. The number of nitrogens with zero attached hydrogens (tertiary/aromatic N) is 2. The van der Waals surface area contributed by atoms with Gasteiger partial charge in [-0.25, -0.2) is 4.39 Å². The second-order valence-corrected chi connectivity index (χ2v) is 9.23. The maximum atomic E-state index is 13.9. The topological polar surface area (TPSA) is 131 Å². The van der Waals surface area contributed by atoms with E-state index in [0.29, 0.717) is 34.4 Å². The van der Waals surface area contributed by atoms with Crippen LogP contribution in [0.4, 0.5) is 4.39 Å². The van der Waals surface area contributed by atoms with Gasteiger partial charge in [-0.05, 0) is 71.9 Å². The number of pyridine rings is 1. The number of imide groups is 1. The van der Waals surface area contributed by atoms with E-state index >= 15 is 0 Å². The van der Waals surface area contributed by atoms with Gasteiger partial charge in [0.1, 0.15) is 0 Å². The normalized spacial score (nSPS) is 23.3. The lowest BCUT2D eigenvalue weighted by molar-refractivity contribution is -0.138. The van der Waals surface area contributed by atoms with Crippen LogP contribution >= 0.6 is 0 Å². The predicted molar refractivity (Wildman–Crippen MR) is 129 cm³/mol. The van der Waals surface area contributed by atoms with Crippen LogP contribution in [-0.4, -0.2) is 68.5 Å². The summed E-state index contributed by atoms with van der Waals surface area (Å²) in [7, 11) is 1.40. The monoisotopic (exact) mass is 496 g/mol. The fourth-order valence-corrected chi connectivity index (χ4v) is 5.35. The van der Waals surface area contributed by atoms with E-state index < -0.39 is 54.5 Å². The van der Waals surface area contributed by atoms with Crippen LogP contribution in [0.1, 0.15) is 30.5 Å². The molecule has 36 heavy (non-hydrogen) atoms. The van der Waals surface area contributed by atoms with E-state index in [-0.39, 0.29) is 18.7 Å². The Balaban J connectivity index is 1.63. The van der Waals surface area contributed by atoms with Crippen molar-refractivity contribution in [2.75, 3.05) is 20.3 Å². The quantitative estimate of drug-likeness (QED) is 0.325. The first kappa shape index (κ1) is 25.7. The Morgan fingerprint density at radius 1 is 1.22 bits per heavy atom. The number of fused-ring (bicyclic) bond motifs is 1. The first-order valence-corrected chi connectivity index (χ1v) is 11.8. The van der Waals surface area contributed by atoms with Gasteiger partial charge in [0, 0.05) is 19.2 Å². The first-order chi connectivity index (χ1) is 17.3. The number of allylic oxidation sites excluding steroid dienone is 1. The zero-order valence-electron chi connectivity index (χ0n) is 19.8. The molecule has 8 nitrogen and oxygen atoms in total. The molecule has 190 valence electrons. The van der Waals surface area contributed by atoms with E-state index in [9.17, 15) is 34.4 Å². The predicted octanol–water partition coefficient (Wildman–Crippen LogP) is 2.14. The largest absolute Gasteiger partial charge is 0.505 e. The fraction of sp³-hybridized carbons (Fsp3) is 0.370. The van der Waals surface area contributed by atoms with Crippen molar-refractivity contribution in [1.82, 2.24) is 9.88 Å². The minimum Gasteiger partial charge on any atom is -0.505 e. The van der Waals surface area contributed by atoms with Crippen LogP contribution in [0.3, 0.4) is 0 Å². The van der Waals surface area contributed by atoms with Crippen LogP contribution in [0.5, 0.6) is 5.75 Å². The Morgan fingerprint density at radius 3 is 2.64 bits per heavy atom. The molecule has 4 N–H and O–H groups in total. The Hall–Kier alpha value is -3.40. The molecule has 1 saturated heterocycles. The van der Waals surface area contributed by atoms with Crippen molar-refractivity contribution in [3.63, 3.8) is 0 Å². The third-order valence-electron chi connectivity index (χ3n) is 7.14. The van der Waals surface area contributed by atoms with E-state index in [1.54, 1.807) is 36.5 Å². The van der Waals surface area contributed by atoms with Gasteiger partial charge in [0.25, 0.3) is 0 Å². The molecule has 1 aromatic heterocycles. The third-order valence-corrected chi connectivity index (χ3v) is 7.14. The zero-order valence-corrected chi connectivity index (χ0v) is 19.8. The molecule has 0 radical (unpaired) electrons. The summed E-state index contributed by atoms with van der Waals surface area (Å²) in [5.41, 5.74) is 2.68. The van der Waals surface area contributed by atoms with Crippen LogP contribution in [0.15, 0.2) is 53.7 Å². The lowest BCUT2D eigenvalue weighted by Crippen LogP contribution is -2.39. The molecule has 0 spiro atoms. The number of aromatic hydroxyl groups is 1. The van der Waals surface area contributed by atoms with Gasteiger partial charge in [0.15, 0.2) is 11.6 Å². The van der Waals surface area contributed by atoms with Crippen molar-refractivity contribution in [3.05, 3.63) is 70.8 Å². The minimum atomic E-state index is -1.09. The molecular weight excluding hydrogens is 467 g/mol. The molecule has 2 heterocycles. The number of benzene rings is 1. The maximum Gasteiger partial charge on any atom is 0.233 e. The summed E-state index contributed by atoms with van der Waals surface area (Å²) < 4.78 is 13.9. The number of aliphatic hydroxyl groups excluding tert-OH is 3. The number of amides is 2. The first-order valence-electron chi connectivity index (χ1n) is 11.8. The van der Waals surface area contributed by atoms with Gasteiger partial charge in [-0.3, -0.25) is 19.5 Å².